The Bertz CT molecular complexity index is 843. The first-order valence-corrected chi connectivity index (χ1v) is 7.79. The van der Waals surface area contributed by atoms with Crippen molar-refractivity contribution >= 4 is 28.4 Å². The van der Waals surface area contributed by atoms with Gasteiger partial charge in [0.15, 0.2) is 11.6 Å². The van der Waals surface area contributed by atoms with Crippen molar-refractivity contribution in [3.63, 3.8) is 0 Å². The Morgan fingerprint density at radius 1 is 1.21 bits per heavy atom. The van der Waals surface area contributed by atoms with Crippen LogP contribution in [0.1, 0.15) is 0 Å². The number of nitrogens with one attached hydrogen (secondary N) is 2. The minimum absolute atomic E-state index is 0.430. The summed E-state index contributed by atoms with van der Waals surface area (Å²) in [7, 11) is 1.58. The van der Waals surface area contributed by atoms with E-state index in [9.17, 15) is 0 Å². The molecule has 1 fully saturated rings. The largest absolute Gasteiger partial charge is 0.478 e. The van der Waals surface area contributed by atoms with Gasteiger partial charge in [-0.3, -0.25) is 5.10 Å². The highest BCUT2D eigenvalue weighted by atomic mass is 16.5. The Kier molecular flexibility index (Phi) is 3.87. The van der Waals surface area contributed by atoms with E-state index in [0.717, 1.165) is 29.8 Å². The molecular formula is C16H18N6O2. The van der Waals surface area contributed by atoms with E-state index in [-0.39, 0.29) is 0 Å². The Labute approximate surface area is 138 Å². The normalized spacial score (nSPS) is 14.8. The SMILES string of the molecule is COc1ncc(N2CCOCC2)nc1Nc1n[nH]c2ccccc12. The fourth-order valence-corrected chi connectivity index (χ4v) is 2.72. The molecule has 0 saturated carbocycles. The molecule has 0 unspecified atom stereocenters. The van der Waals surface area contributed by atoms with E-state index in [4.69, 9.17) is 9.47 Å². The molecule has 0 spiro atoms. The van der Waals surface area contributed by atoms with Gasteiger partial charge in [0, 0.05) is 18.5 Å². The summed E-state index contributed by atoms with van der Waals surface area (Å²) in [6.07, 6.45) is 1.72. The van der Waals surface area contributed by atoms with Crippen LogP contribution in [0.5, 0.6) is 5.88 Å². The van der Waals surface area contributed by atoms with Crippen LogP contribution in [-0.4, -0.2) is 53.6 Å². The number of hydrogen-bond acceptors (Lipinski definition) is 7. The molecule has 0 amide bonds. The van der Waals surface area contributed by atoms with Gasteiger partial charge in [-0.15, -0.1) is 0 Å². The number of benzene rings is 1. The highest BCUT2D eigenvalue weighted by molar-refractivity contribution is 5.91. The van der Waals surface area contributed by atoms with Gasteiger partial charge in [0.1, 0.15) is 5.82 Å². The van der Waals surface area contributed by atoms with Gasteiger partial charge >= 0.3 is 0 Å². The Morgan fingerprint density at radius 3 is 2.88 bits per heavy atom. The fraction of sp³-hybridized carbons (Fsp3) is 0.312. The summed E-state index contributed by atoms with van der Waals surface area (Å²) < 4.78 is 10.7. The maximum Gasteiger partial charge on any atom is 0.257 e. The van der Waals surface area contributed by atoms with Crippen LogP contribution >= 0.6 is 0 Å². The molecule has 0 atom stereocenters. The maximum absolute atomic E-state index is 5.39. The van der Waals surface area contributed by atoms with Crippen LogP contribution < -0.4 is 15.0 Å². The second kappa shape index (κ2) is 6.32. The highest BCUT2D eigenvalue weighted by Crippen LogP contribution is 2.28. The van der Waals surface area contributed by atoms with E-state index in [2.05, 4.69) is 30.4 Å². The lowest BCUT2D eigenvalue weighted by atomic mass is 10.2. The van der Waals surface area contributed by atoms with Crippen molar-refractivity contribution in [3.05, 3.63) is 30.5 Å². The van der Waals surface area contributed by atoms with Crippen molar-refractivity contribution in [2.45, 2.75) is 0 Å². The zero-order valence-electron chi connectivity index (χ0n) is 13.3. The number of rotatable bonds is 4. The number of morpholine rings is 1. The quantitative estimate of drug-likeness (QED) is 0.757. The third-order valence-electron chi connectivity index (χ3n) is 3.96. The number of aromatic nitrogens is 4. The standard InChI is InChI=1S/C16H18N6O2/c1-23-16-15(18-13(10-17-16)22-6-8-24-9-7-22)19-14-11-4-2-3-5-12(11)20-21-14/h2-5,10H,6-9H2,1H3,(H2,18,19,20,21). The molecule has 2 N–H and O–H groups in total. The monoisotopic (exact) mass is 326 g/mol. The maximum atomic E-state index is 5.39. The van der Waals surface area contributed by atoms with Crippen molar-refractivity contribution in [2.75, 3.05) is 43.6 Å². The first-order valence-electron chi connectivity index (χ1n) is 7.79. The van der Waals surface area contributed by atoms with E-state index in [1.807, 2.05) is 24.3 Å². The fourth-order valence-electron chi connectivity index (χ4n) is 2.72. The molecule has 4 rings (SSSR count). The topological polar surface area (TPSA) is 88.2 Å². The van der Waals surface area contributed by atoms with Crippen LogP contribution in [0.4, 0.5) is 17.5 Å². The summed E-state index contributed by atoms with van der Waals surface area (Å²) in [4.78, 5) is 11.2. The van der Waals surface area contributed by atoms with E-state index in [1.165, 1.54) is 0 Å². The number of anilines is 3. The van der Waals surface area contributed by atoms with Crippen LogP contribution in [-0.2, 0) is 4.74 Å². The van der Waals surface area contributed by atoms with Gasteiger partial charge < -0.3 is 19.7 Å². The van der Waals surface area contributed by atoms with Gasteiger partial charge in [-0.2, -0.15) is 5.10 Å². The molecule has 8 nitrogen and oxygen atoms in total. The molecule has 1 aromatic carbocycles. The van der Waals surface area contributed by atoms with Gasteiger partial charge in [-0.05, 0) is 12.1 Å². The Morgan fingerprint density at radius 2 is 2.04 bits per heavy atom. The first kappa shape index (κ1) is 14.7. The third-order valence-corrected chi connectivity index (χ3v) is 3.96. The minimum atomic E-state index is 0.430. The number of methoxy groups -OCH3 is 1. The molecule has 3 heterocycles. The zero-order valence-corrected chi connectivity index (χ0v) is 13.3. The predicted octanol–water partition coefficient (Wildman–Crippen LogP) is 1.94. The molecule has 0 radical (unpaired) electrons. The second-order valence-corrected chi connectivity index (χ2v) is 5.43. The molecule has 1 aliphatic heterocycles. The molecule has 8 heteroatoms. The number of para-hydroxylation sites is 1. The molecule has 1 saturated heterocycles. The van der Waals surface area contributed by atoms with Crippen LogP contribution in [0.25, 0.3) is 10.9 Å². The van der Waals surface area contributed by atoms with Crippen molar-refractivity contribution in [1.29, 1.82) is 0 Å². The van der Waals surface area contributed by atoms with Gasteiger partial charge in [-0.25, -0.2) is 9.97 Å². The summed E-state index contributed by atoms with van der Waals surface area (Å²) in [5.41, 5.74) is 0.955. The Balaban J connectivity index is 1.67. The first-order chi connectivity index (χ1) is 11.8. The minimum Gasteiger partial charge on any atom is -0.478 e. The smallest absolute Gasteiger partial charge is 0.257 e. The molecule has 0 aliphatic carbocycles. The molecule has 24 heavy (non-hydrogen) atoms. The molecule has 0 bridgehead atoms. The van der Waals surface area contributed by atoms with Crippen LogP contribution in [0.3, 0.4) is 0 Å². The lowest BCUT2D eigenvalue weighted by Gasteiger charge is -2.27. The number of ether oxygens (including phenoxy) is 2. The van der Waals surface area contributed by atoms with E-state index < -0.39 is 0 Å². The van der Waals surface area contributed by atoms with E-state index in [1.54, 1.807) is 13.3 Å². The van der Waals surface area contributed by atoms with Crippen LogP contribution in [0, 0.1) is 0 Å². The molecule has 3 aromatic rings. The summed E-state index contributed by atoms with van der Waals surface area (Å²) >= 11 is 0. The van der Waals surface area contributed by atoms with Crippen molar-refractivity contribution in [3.8, 4) is 5.88 Å². The van der Waals surface area contributed by atoms with Crippen molar-refractivity contribution in [2.24, 2.45) is 0 Å². The lowest BCUT2D eigenvalue weighted by Crippen LogP contribution is -2.36. The van der Waals surface area contributed by atoms with Gasteiger partial charge in [0.2, 0.25) is 0 Å². The summed E-state index contributed by atoms with van der Waals surface area (Å²) in [5.74, 6) is 2.46. The van der Waals surface area contributed by atoms with Crippen molar-refractivity contribution in [1.82, 2.24) is 20.2 Å². The third kappa shape index (κ3) is 2.71. The lowest BCUT2D eigenvalue weighted by molar-refractivity contribution is 0.122. The molecule has 2 aromatic heterocycles. The average Bonchev–Trinajstić information content (AvgIpc) is 3.05. The van der Waals surface area contributed by atoms with Crippen LogP contribution in [0.2, 0.25) is 0 Å². The average molecular weight is 326 g/mol. The highest BCUT2D eigenvalue weighted by Gasteiger charge is 2.17. The summed E-state index contributed by atoms with van der Waals surface area (Å²) in [5, 5.41) is 11.5. The summed E-state index contributed by atoms with van der Waals surface area (Å²) in [6, 6.07) is 7.90. The van der Waals surface area contributed by atoms with E-state index in [0.29, 0.717) is 30.7 Å². The molecule has 1 aliphatic rings. The number of H-pyrrole nitrogens is 1. The predicted molar refractivity (Wildman–Crippen MR) is 91.0 cm³/mol. The Hall–Kier alpha value is -2.87. The number of fused-ring (bicyclic) bond motifs is 1. The van der Waals surface area contributed by atoms with Crippen LogP contribution in [0.15, 0.2) is 30.5 Å². The van der Waals surface area contributed by atoms with Gasteiger partial charge in [0.05, 0.1) is 32.0 Å². The van der Waals surface area contributed by atoms with Crippen molar-refractivity contribution < 1.29 is 9.47 Å². The number of aromatic amines is 1. The second-order valence-electron chi connectivity index (χ2n) is 5.43. The molecular weight excluding hydrogens is 308 g/mol. The van der Waals surface area contributed by atoms with Gasteiger partial charge in [0.25, 0.3) is 5.88 Å². The molecule has 124 valence electrons. The van der Waals surface area contributed by atoms with Gasteiger partial charge in [-0.1, -0.05) is 12.1 Å². The number of nitrogens with zero attached hydrogens (tertiary/aromatic N) is 4. The zero-order chi connectivity index (χ0) is 16.4. The van der Waals surface area contributed by atoms with E-state index >= 15 is 0 Å². The number of hydrogen-bond donors (Lipinski definition) is 2. The summed E-state index contributed by atoms with van der Waals surface area (Å²) in [6.45, 7) is 2.98.